The third-order valence-corrected chi connectivity index (χ3v) is 4.90. The van der Waals surface area contributed by atoms with Crippen molar-refractivity contribution < 1.29 is 18.7 Å². The molecule has 6 nitrogen and oxygen atoms in total. The number of carbonyl (C=O) groups is 2. The summed E-state index contributed by atoms with van der Waals surface area (Å²) in [6, 6.07) is 8.99. The fourth-order valence-electron chi connectivity index (χ4n) is 3.69. The number of hydrogen-bond donors (Lipinski definition) is 1. The molecule has 0 saturated carbocycles. The average Bonchev–Trinajstić information content (AvgIpc) is 3.20. The molecule has 27 heavy (non-hydrogen) atoms. The van der Waals surface area contributed by atoms with Gasteiger partial charge in [0.2, 0.25) is 0 Å². The number of furan rings is 1. The van der Waals surface area contributed by atoms with Gasteiger partial charge in [-0.3, -0.25) is 9.78 Å². The van der Waals surface area contributed by atoms with Crippen molar-refractivity contribution in [1.29, 1.82) is 0 Å². The highest BCUT2D eigenvalue weighted by molar-refractivity contribution is 6.03. The van der Waals surface area contributed by atoms with Crippen LogP contribution >= 0.6 is 0 Å². The molecule has 1 N–H and O–H groups in total. The Hall–Kier alpha value is -3.15. The molecule has 1 unspecified atom stereocenters. The molecule has 1 atom stereocenters. The quantitative estimate of drug-likeness (QED) is 0.838. The van der Waals surface area contributed by atoms with E-state index in [0.29, 0.717) is 34.7 Å². The number of ketones is 1. The number of nitrogens with one attached hydrogen (secondary N) is 1. The maximum Gasteiger partial charge on any atom is 0.337 e. The van der Waals surface area contributed by atoms with E-state index in [1.54, 1.807) is 36.7 Å². The summed E-state index contributed by atoms with van der Waals surface area (Å²) in [6.45, 7) is 1.90. The van der Waals surface area contributed by atoms with E-state index >= 15 is 0 Å². The van der Waals surface area contributed by atoms with Crippen molar-refractivity contribution in [1.82, 2.24) is 10.3 Å². The molecule has 2 aromatic rings. The Bertz CT molecular complexity index is 926. The molecule has 0 amide bonds. The zero-order valence-electron chi connectivity index (χ0n) is 15.0. The van der Waals surface area contributed by atoms with Gasteiger partial charge in [0, 0.05) is 29.6 Å². The molecule has 0 saturated heterocycles. The van der Waals surface area contributed by atoms with E-state index in [2.05, 4.69) is 10.3 Å². The van der Waals surface area contributed by atoms with Crippen LogP contribution in [0.1, 0.15) is 43.6 Å². The molecule has 6 heteroatoms. The van der Waals surface area contributed by atoms with Crippen molar-refractivity contribution in [3.05, 3.63) is 76.8 Å². The van der Waals surface area contributed by atoms with Crippen LogP contribution in [0.4, 0.5) is 0 Å². The zero-order chi connectivity index (χ0) is 18.8. The molecule has 4 rings (SSSR count). The number of Topliss-reactive ketones (excluding diaryl/α,β-unsaturated/α-hetero) is 1. The largest absolute Gasteiger partial charge is 0.468 e. The second-order valence-corrected chi connectivity index (χ2v) is 6.68. The van der Waals surface area contributed by atoms with Gasteiger partial charge in [0.15, 0.2) is 5.78 Å². The van der Waals surface area contributed by atoms with E-state index in [9.17, 15) is 9.59 Å². The van der Waals surface area contributed by atoms with E-state index in [-0.39, 0.29) is 12.4 Å². The number of ether oxygens (including phenoxy) is 1. The summed E-state index contributed by atoms with van der Waals surface area (Å²) >= 11 is 0. The van der Waals surface area contributed by atoms with Crippen LogP contribution in [-0.2, 0) is 20.9 Å². The molecule has 2 aliphatic rings. The third kappa shape index (κ3) is 3.30. The standard InChI is InChI=1S/C21H20N2O4/c1-13-18(21(25)27-12-14-6-2-3-10-22-14)20(17-9-5-11-26-17)19-15(23-13)7-4-8-16(19)24/h2-3,5-6,9-11,20,23H,4,7-8,12H2,1H3. The lowest BCUT2D eigenvalue weighted by Crippen LogP contribution is -2.34. The Morgan fingerprint density at radius 3 is 2.93 bits per heavy atom. The fourth-order valence-corrected chi connectivity index (χ4v) is 3.69. The molecule has 0 radical (unpaired) electrons. The van der Waals surface area contributed by atoms with Gasteiger partial charge in [-0.25, -0.2) is 4.79 Å². The summed E-state index contributed by atoms with van der Waals surface area (Å²) in [5.41, 5.74) is 3.26. The van der Waals surface area contributed by atoms with Gasteiger partial charge in [-0.15, -0.1) is 0 Å². The number of nitrogens with zero attached hydrogens (tertiary/aromatic N) is 1. The van der Waals surface area contributed by atoms with Crippen molar-refractivity contribution in [3.63, 3.8) is 0 Å². The van der Waals surface area contributed by atoms with E-state index in [1.165, 1.54) is 0 Å². The van der Waals surface area contributed by atoms with Crippen LogP contribution < -0.4 is 5.32 Å². The SMILES string of the molecule is CC1=C(C(=O)OCc2ccccn2)C(c2ccco2)C2=C(CCCC2=O)N1. The predicted molar refractivity (Wildman–Crippen MR) is 97.2 cm³/mol. The van der Waals surface area contributed by atoms with Gasteiger partial charge in [0.25, 0.3) is 0 Å². The van der Waals surface area contributed by atoms with Crippen LogP contribution in [0.3, 0.4) is 0 Å². The highest BCUT2D eigenvalue weighted by Gasteiger charge is 2.40. The molecule has 2 aromatic heterocycles. The molecule has 138 valence electrons. The van der Waals surface area contributed by atoms with Crippen LogP contribution in [0.2, 0.25) is 0 Å². The first-order valence-electron chi connectivity index (χ1n) is 8.99. The van der Waals surface area contributed by atoms with Gasteiger partial charge in [0.05, 0.1) is 23.4 Å². The molecular formula is C21H20N2O4. The molecule has 0 bridgehead atoms. The van der Waals surface area contributed by atoms with E-state index in [4.69, 9.17) is 9.15 Å². The smallest absolute Gasteiger partial charge is 0.337 e. The highest BCUT2D eigenvalue weighted by atomic mass is 16.5. The number of pyridine rings is 1. The number of allylic oxidation sites excluding steroid dienone is 3. The molecule has 0 spiro atoms. The predicted octanol–water partition coefficient (Wildman–Crippen LogP) is 3.39. The van der Waals surface area contributed by atoms with Crippen LogP contribution in [0.25, 0.3) is 0 Å². The van der Waals surface area contributed by atoms with Crippen molar-refractivity contribution in [3.8, 4) is 0 Å². The number of aromatic nitrogens is 1. The maximum atomic E-state index is 12.9. The van der Waals surface area contributed by atoms with Crippen LogP contribution in [0.15, 0.2) is 69.7 Å². The highest BCUT2D eigenvalue weighted by Crippen LogP contribution is 2.42. The molecule has 0 fully saturated rings. The minimum absolute atomic E-state index is 0.0488. The second-order valence-electron chi connectivity index (χ2n) is 6.68. The van der Waals surface area contributed by atoms with Crippen molar-refractivity contribution in [2.24, 2.45) is 0 Å². The van der Waals surface area contributed by atoms with Crippen molar-refractivity contribution in [2.75, 3.05) is 0 Å². The van der Waals surface area contributed by atoms with Gasteiger partial charge in [-0.05, 0) is 44.0 Å². The average molecular weight is 364 g/mol. The number of rotatable bonds is 4. The van der Waals surface area contributed by atoms with Crippen LogP contribution in [0.5, 0.6) is 0 Å². The van der Waals surface area contributed by atoms with Gasteiger partial charge in [-0.1, -0.05) is 6.07 Å². The lowest BCUT2D eigenvalue weighted by molar-refractivity contribution is -0.140. The second kappa shape index (κ2) is 7.23. The Morgan fingerprint density at radius 2 is 2.19 bits per heavy atom. The summed E-state index contributed by atoms with van der Waals surface area (Å²) in [5, 5.41) is 3.25. The van der Waals surface area contributed by atoms with Crippen molar-refractivity contribution in [2.45, 2.75) is 38.7 Å². The van der Waals surface area contributed by atoms with Crippen LogP contribution in [0, 0.1) is 0 Å². The summed E-state index contributed by atoms with van der Waals surface area (Å²) in [4.78, 5) is 29.8. The number of dihydropyridines is 1. The summed E-state index contributed by atoms with van der Waals surface area (Å²) in [7, 11) is 0. The maximum absolute atomic E-state index is 12.9. The first-order chi connectivity index (χ1) is 13.1. The fraction of sp³-hybridized carbons (Fsp3) is 0.286. The molecule has 1 aliphatic carbocycles. The lowest BCUT2D eigenvalue weighted by Gasteiger charge is -2.32. The third-order valence-electron chi connectivity index (χ3n) is 4.90. The Balaban J connectivity index is 1.67. The first kappa shape index (κ1) is 17.3. The normalized spacial score (nSPS) is 19.6. The van der Waals surface area contributed by atoms with Gasteiger partial charge in [-0.2, -0.15) is 0 Å². The zero-order valence-corrected chi connectivity index (χ0v) is 15.0. The number of carbonyl (C=O) groups excluding carboxylic acids is 2. The monoisotopic (exact) mass is 364 g/mol. The van der Waals surface area contributed by atoms with Gasteiger partial charge >= 0.3 is 5.97 Å². The number of hydrogen-bond acceptors (Lipinski definition) is 6. The summed E-state index contributed by atoms with van der Waals surface area (Å²) < 4.78 is 11.1. The van der Waals surface area contributed by atoms with Gasteiger partial charge in [0.1, 0.15) is 12.4 Å². The molecule has 1 aliphatic heterocycles. The lowest BCUT2D eigenvalue weighted by atomic mass is 9.77. The van der Waals surface area contributed by atoms with Crippen LogP contribution in [-0.4, -0.2) is 16.7 Å². The Kier molecular flexibility index (Phi) is 4.62. The van der Waals surface area contributed by atoms with E-state index in [0.717, 1.165) is 18.5 Å². The number of esters is 1. The minimum Gasteiger partial charge on any atom is -0.468 e. The molecule has 3 heterocycles. The topological polar surface area (TPSA) is 81.4 Å². The Morgan fingerprint density at radius 1 is 1.30 bits per heavy atom. The minimum atomic E-state index is -0.541. The molecule has 0 aromatic carbocycles. The Labute approximate surface area is 156 Å². The van der Waals surface area contributed by atoms with Gasteiger partial charge < -0.3 is 14.5 Å². The van der Waals surface area contributed by atoms with E-state index < -0.39 is 11.9 Å². The molecular weight excluding hydrogens is 344 g/mol. The van der Waals surface area contributed by atoms with E-state index in [1.807, 2.05) is 13.0 Å². The first-order valence-corrected chi connectivity index (χ1v) is 8.99. The summed E-state index contributed by atoms with van der Waals surface area (Å²) in [6.07, 6.45) is 5.28. The van der Waals surface area contributed by atoms with Crippen molar-refractivity contribution >= 4 is 11.8 Å². The summed E-state index contributed by atoms with van der Waals surface area (Å²) in [5.74, 6) is -0.395.